The average Bonchev–Trinajstić information content (AvgIpc) is 2.36. The molecule has 0 fully saturated rings. The first-order chi connectivity index (χ1) is 8.90. The topological polar surface area (TPSA) is 83.5 Å². The number of ketones is 1. The second-order valence-electron chi connectivity index (χ2n) is 4.05. The minimum Gasteiger partial charge on any atom is -0.481 e. The first-order valence-electron chi connectivity index (χ1n) is 5.71. The monoisotopic (exact) mass is 327 g/mol. The fourth-order valence-corrected chi connectivity index (χ4v) is 1.73. The summed E-state index contributed by atoms with van der Waals surface area (Å²) in [5.41, 5.74) is 0.495. The number of halogens is 1. The van der Waals surface area contributed by atoms with Crippen LogP contribution < -0.4 is 5.32 Å². The van der Waals surface area contributed by atoms with Gasteiger partial charge in [0.25, 0.3) is 0 Å². The van der Waals surface area contributed by atoms with Crippen molar-refractivity contribution < 1.29 is 19.5 Å². The van der Waals surface area contributed by atoms with Gasteiger partial charge in [-0.1, -0.05) is 28.1 Å². The summed E-state index contributed by atoms with van der Waals surface area (Å²) >= 11 is 3.27. The quantitative estimate of drug-likeness (QED) is 0.783. The van der Waals surface area contributed by atoms with Gasteiger partial charge in [-0.2, -0.15) is 0 Å². The third kappa shape index (κ3) is 5.21. The maximum Gasteiger partial charge on any atom is 0.303 e. The molecule has 0 bridgehead atoms. The van der Waals surface area contributed by atoms with Crippen molar-refractivity contribution in [2.24, 2.45) is 0 Å². The van der Waals surface area contributed by atoms with Crippen LogP contribution in [-0.2, 0) is 9.59 Å². The Hall–Kier alpha value is -1.69. The number of rotatable bonds is 6. The fraction of sp³-hybridized carbons (Fsp3) is 0.308. The van der Waals surface area contributed by atoms with Crippen LogP contribution in [0.2, 0.25) is 0 Å². The van der Waals surface area contributed by atoms with E-state index in [1.807, 2.05) is 0 Å². The van der Waals surface area contributed by atoms with E-state index in [-0.39, 0.29) is 18.6 Å². The fourth-order valence-electron chi connectivity index (χ4n) is 1.46. The molecule has 0 radical (unpaired) electrons. The van der Waals surface area contributed by atoms with Crippen LogP contribution in [0.3, 0.4) is 0 Å². The zero-order valence-corrected chi connectivity index (χ0v) is 11.9. The highest BCUT2D eigenvalue weighted by molar-refractivity contribution is 9.10. The Bertz CT molecular complexity index is 484. The molecular formula is C13H14BrNO4. The number of hydrogen-bond acceptors (Lipinski definition) is 3. The summed E-state index contributed by atoms with van der Waals surface area (Å²) in [6, 6.07) is 6.12. The Labute approximate surface area is 119 Å². The van der Waals surface area contributed by atoms with Crippen molar-refractivity contribution in [1.82, 2.24) is 5.32 Å². The predicted molar refractivity (Wildman–Crippen MR) is 72.9 cm³/mol. The van der Waals surface area contributed by atoms with E-state index >= 15 is 0 Å². The lowest BCUT2D eigenvalue weighted by Crippen LogP contribution is -2.38. The third-order valence-electron chi connectivity index (χ3n) is 2.47. The predicted octanol–water partition coefficient (Wildman–Crippen LogP) is 2.00. The molecule has 0 saturated carbocycles. The molecule has 0 spiro atoms. The largest absolute Gasteiger partial charge is 0.481 e. The van der Waals surface area contributed by atoms with Gasteiger partial charge in [0.15, 0.2) is 5.78 Å². The van der Waals surface area contributed by atoms with Gasteiger partial charge < -0.3 is 10.4 Å². The average molecular weight is 328 g/mol. The molecule has 0 aliphatic rings. The SMILES string of the molecule is C[C@H](NC(=O)CCC(=O)O)C(=O)c1ccc(Br)cc1. The summed E-state index contributed by atoms with van der Waals surface area (Å²) in [7, 11) is 0. The Morgan fingerprint density at radius 2 is 1.79 bits per heavy atom. The van der Waals surface area contributed by atoms with Gasteiger partial charge in [0, 0.05) is 16.5 Å². The van der Waals surface area contributed by atoms with Crippen LogP contribution in [0.25, 0.3) is 0 Å². The molecule has 0 heterocycles. The zero-order chi connectivity index (χ0) is 14.4. The molecular weight excluding hydrogens is 314 g/mol. The molecule has 0 unspecified atom stereocenters. The smallest absolute Gasteiger partial charge is 0.303 e. The maximum absolute atomic E-state index is 12.0. The molecule has 1 rings (SSSR count). The van der Waals surface area contributed by atoms with Crippen LogP contribution in [0.5, 0.6) is 0 Å². The molecule has 1 aromatic carbocycles. The third-order valence-corrected chi connectivity index (χ3v) is 2.99. The van der Waals surface area contributed by atoms with E-state index in [1.54, 1.807) is 31.2 Å². The van der Waals surface area contributed by atoms with Gasteiger partial charge in [-0.05, 0) is 19.1 Å². The number of nitrogens with one attached hydrogen (secondary N) is 1. The summed E-state index contributed by atoms with van der Waals surface area (Å²) < 4.78 is 0.863. The van der Waals surface area contributed by atoms with Crippen LogP contribution in [0.4, 0.5) is 0 Å². The summed E-state index contributed by atoms with van der Waals surface area (Å²) in [5, 5.41) is 10.9. The number of carbonyl (C=O) groups is 3. The lowest BCUT2D eigenvalue weighted by molar-refractivity contribution is -0.138. The molecule has 0 aromatic heterocycles. The van der Waals surface area contributed by atoms with Gasteiger partial charge in [-0.3, -0.25) is 14.4 Å². The van der Waals surface area contributed by atoms with Crippen LogP contribution in [-0.4, -0.2) is 28.8 Å². The summed E-state index contributed by atoms with van der Waals surface area (Å²) in [4.78, 5) is 33.7. The molecule has 1 atom stereocenters. The second kappa shape index (κ2) is 7.04. The Kier molecular flexibility index (Phi) is 5.69. The first kappa shape index (κ1) is 15.4. The van der Waals surface area contributed by atoms with Crippen molar-refractivity contribution in [1.29, 1.82) is 0 Å². The van der Waals surface area contributed by atoms with Crippen molar-refractivity contribution in [3.63, 3.8) is 0 Å². The molecule has 19 heavy (non-hydrogen) atoms. The Morgan fingerprint density at radius 1 is 1.21 bits per heavy atom. The van der Waals surface area contributed by atoms with Crippen LogP contribution in [0.1, 0.15) is 30.1 Å². The molecule has 102 valence electrons. The normalized spacial score (nSPS) is 11.7. The second-order valence-corrected chi connectivity index (χ2v) is 4.97. The van der Waals surface area contributed by atoms with Crippen LogP contribution >= 0.6 is 15.9 Å². The van der Waals surface area contributed by atoms with E-state index in [2.05, 4.69) is 21.2 Å². The van der Waals surface area contributed by atoms with Crippen molar-refractivity contribution >= 4 is 33.6 Å². The van der Waals surface area contributed by atoms with Crippen molar-refractivity contribution in [2.75, 3.05) is 0 Å². The zero-order valence-electron chi connectivity index (χ0n) is 10.4. The van der Waals surface area contributed by atoms with Gasteiger partial charge in [-0.15, -0.1) is 0 Å². The van der Waals surface area contributed by atoms with Crippen molar-refractivity contribution in [3.8, 4) is 0 Å². The van der Waals surface area contributed by atoms with Crippen molar-refractivity contribution in [3.05, 3.63) is 34.3 Å². The van der Waals surface area contributed by atoms with Crippen molar-refractivity contribution in [2.45, 2.75) is 25.8 Å². The number of amides is 1. The number of aliphatic carboxylic acids is 1. The van der Waals surface area contributed by atoms with Crippen LogP contribution in [0.15, 0.2) is 28.7 Å². The maximum atomic E-state index is 12.0. The van der Waals surface area contributed by atoms with E-state index in [9.17, 15) is 14.4 Å². The summed E-state index contributed by atoms with van der Waals surface area (Å²) in [5.74, 6) is -1.70. The highest BCUT2D eigenvalue weighted by Gasteiger charge is 2.17. The molecule has 1 aromatic rings. The standard InChI is InChI=1S/C13H14BrNO4/c1-8(15-11(16)6-7-12(17)18)13(19)9-2-4-10(14)5-3-9/h2-5,8H,6-7H2,1H3,(H,15,16)(H,17,18)/t8-/m0/s1. The molecule has 0 saturated heterocycles. The van der Waals surface area contributed by atoms with Gasteiger partial charge in [-0.25, -0.2) is 0 Å². The number of carbonyl (C=O) groups excluding carboxylic acids is 2. The first-order valence-corrected chi connectivity index (χ1v) is 6.50. The highest BCUT2D eigenvalue weighted by Crippen LogP contribution is 2.12. The van der Waals surface area contributed by atoms with Gasteiger partial charge in [0.2, 0.25) is 5.91 Å². The summed E-state index contributed by atoms with van der Waals surface area (Å²) in [6.45, 7) is 1.57. The van der Waals surface area contributed by atoms with Crippen LogP contribution in [0, 0.1) is 0 Å². The number of carboxylic acid groups (broad SMARTS) is 1. The molecule has 5 nitrogen and oxygen atoms in total. The molecule has 0 aliphatic heterocycles. The number of benzene rings is 1. The lowest BCUT2D eigenvalue weighted by atomic mass is 10.1. The van der Waals surface area contributed by atoms with E-state index in [1.165, 1.54) is 0 Å². The number of carboxylic acids is 1. The highest BCUT2D eigenvalue weighted by atomic mass is 79.9. The summed E-state index contributed by atoms with van der Waals surface area (Å²) in [6.07, 6.45) is -0.377. The minimum atomic E-state index is -1.04. The van der Waals surface area contributed by atoms with E-state index in [0.29, 0.717) is 5.56 Å². The number of hydrogen-bond donors (Lipinski definition) is 2. The van der Waals surface area contributed by atoms with E-state index < -0.39 is 17.9 Å². The van der Waals surface area contributed by atoms with Gasteiger partial charge in [0.05, 0.1) is 12.5 Å². The Balaban J connectivity index is 2.55. The Morgan fingerprint density at radius 3 is 2.32 bits per heavy atom. The molecule has 1 amide bonds. The molecule has 2 N–H and O–H groups in total. The molecule has 0 aliphatic carbocycles. The minimum absolute atomic E-state index is 0.132. The van der Waals surface area contributed by atoms with Gasteiger partial charge >= 0.3 is 5.97 Å². The van der Waals surface area contributed by atoms with E-state index in [4.69, 9.17) is 5.11 Å². The van der Waals surface area contributed by atoms with E-state index in [0.717, 1.165) is 4.47 Å². The van der Waals surface area contributed by atoms with Gasteiger partial charge in [0.1, 0.15) is 0 Å². The molecule has 6 heteroatoms. The lowest BCUT2D eigenvalue weighted by Gasteiger charge is -2.12. The number of Topliss-reactive ketones (excluding diaryl/α,β-unsaturated/α-hetero) is 1.